The minimum atomic E-state index is 0.437. The van der Waals surface area contributed by atoms with Crippen molar-refractivity contribution in [1.29, 1.82) is 0 Å². The van der Waals surface area contributed by atoms with Crippen molar-refractivity contribution in [3.05, 3.63) is 16.6 Å². The average molecular weight is 227 g/mol. The number of nitrogens with two attached hydrogens (primary N) is 1. The molecule has 0 bridgehead atoms. The molecule has 0 amide bonds. The Hall–Kier alpha value is -1.08. The van der Waals surface area contributed by atoms with Gasteiger partial charge in [0, 0.05) is 18.6 Å². The summed E-state index contributed by atoms with van der Waals surface area (Å²) >= 11 is 3.22. The Morgan fingerprint density at radius 1 is 1.57 bits per heavy atom. The topological polar surface area (TPSA) is 69.6 Å². The highest BCUT2D eigenvalue weighted by atomic mass is 32.2. The van der Waals surface area contributed by atoms with Crippen LogP contribution in [0.15, 0.2) is 16.7 Å². The third kappa shape index (κ3) is 1.88. The molecule has 0 aromatic carbocycles. The fourth-order valence-corrected chi connectivity index (χ4v) is 2.46. The lowest BCUT2D eigenvalue weighted by Gasteiger charge is -1.98. The van der Waals surface area contributed by atoms with Gasteiger partial charge in [0.2, 0.25) is 5.95 Å². The van der Waals surface area contributed by atoms with Crippen LogP contribution in [-0.4, -0.2) is 19.7 Å². The standard InChI is InChI=1S/C7H9N5S2/c1-12-6(8)10-11-7(12)14-4-5-9-2-3-13-5/h2-3H,4H2,1H3,(H2,8,10). The molecule has 5 nitrogen and oxygen atoms in total. The highest BCUT2D eigenvalue weighted by molar-refractivity contribution is 7.98. The number of rotatable bonds is 3. The predicted octanol–water partition coefficient (Wildman–Crippen LogP) is 1.15. The molecule has 7 heteroatoms. The first-order valence-electron chi connectivity index (χ1n) is 3.93. The second-order valence-electron chi connectivity index (χ2n) is 2.61. The Morgan fingerprint density at radius 3 is 3.00 bits per heavy atom. The van der Waals surface area contributed by atoms with E-state index in [0.29, 0.717) is 5.95 Å². The van der Waals surface area contributed by atoms with Gasteiger partial charge in [-0.2, -0.15) is 0 Å². The summed E-state index contributed by atoms with van der Waals surface area (Å²) in [4.78, 5) is 4.18. The number of hydrogen-bond acceptors (Lipinski definition) is 6. The Morgan fingerprint density at radius 2 is 2.43 bits per heavy atom. The van der Waals surface area contributed by atoms with Gasteiger partial charge in [-0.3, -0.25) is 4.57 Å². The first-order valence-corrected chi connectivity index (χ1v) is 5.80. The van der Waals surface area contributed by atoms with Gasteiger partial charge in [0.1, 0.15) is 5.01 Å². The van der Waals surface area contributed by atoms with E-state index >= 15 is 0 Å². The summed E-state index contributed by atoms with van der Waals surface area (Å²) in [5, 5.41) is 11.6. The number of thiazole rings is 1. The van der Waals surface area contributed by atoms with Crippen LogP contribution < -0.4 is 5.73 Å². The predicted molar refractivity (Wildman–Crippen MR) is 57.1 cm³/mol. The summed E-state index contributed by atoms with van der Waals surface area (Å²) in [5.74, 6) is 1.25. The number of aromatic nitrogens is 4. The lowest BCUT2D eigenvalue weighted by Crippen LogP contribution is -1.97. The lowest BCUT2D eigenvalue weighted by atomic mass is 10.8. The smallest absolute Gasteiger partial charge is 0.222 e. The monoisotopic (exact) mass is 227 g/mol. The van der Waals surface area contributed by atoms with E-state index in [4.69, 9.17) is 5.73 Å². The summed E-state index contributed by atoms with van der Waals surface area (Å²) in [5.41, 5.74) is 5.55. The minimum Gasteiger partial charge on any atom is -0.368 e. The Kier molecular flexibility index (Phi) is 2.69. The zero-order chi connectivity index (χ0) is 9.97. The van der Waals surface area contributed by atoms with Gasteiger partial charge in [-0.25, -0.2) is 4.98 Å². The van der Waals surface area contributed by atoms with Gasteiger partial charge in [-0.1, -0.05) is 11.8 Å². The number of anilines is 1. The van der Waals surface area contributed by atoms with Crippen LogP contribution in [0.3, 0.4) is 0 Å². The summed E-state index contributed by atoms with van der Waals surface area (Å²) in [6.07, 6.45) is 1.80. The maximum absolute atomic E-state index is 5.55. The molecule has 2 rings (SSSR count). The van der Waals surface area contributed by atoms with Gasteiger partial charge < -0.3 is 5.73 Å². The Bertz CT molecular complexity index is 408. The first-order chi connectivity index (χ1) is 6.77. The molecule has 0 unspecified atom stereocenters. The zero-order valence-corrected chi connectivity index (χ0v) is 9.18. The van der Waals surface area contributed by atoms with Crippen LogP contribution in [0.1, 0.15) is 5.01 Å². The lowest BCUT2D eigenvalue weighted by molar-refractivity contribution is 0.795. The molecule has 0 aliphatic heterocycles. The molecular weight excluding hydrogens is 218 g/mol. The van der Waals surface area contributed by atoms with Crippen molar-refractivity contribution in [3.63, 3.8) is 0 Å². The van der Waals surface area contributed by atoms with Crippen LogP contribution in [0.4, 0.5) is 5.95 Å². The van der Waals surface area contributed by atoms with E-state index in [1.54, 1.807) is 33.9 Å². The highest BCUT2D eigenvalue weighted by Crippen LogP contribution is 2.22. The Labute approximate surface area is 89.4 Å². The van der Waals surface area contributed by atoms with Crippen LogP contribution in [0.5, 0.6) is 0 Å². The van der Waals surface area contributed by atoms with Crippen LogP contribution in [0, 0.1) is 0 Å². The van der Waals surface area contributed by atoms with Gasteiger partial charge in [0.15, 0.2) is 5.16 Å². The van der Waals surface area contributed by atoms with Crippen LogP contribution in [0.2, 0.25) is 0 Å². The average Bonchev–Trinajstić information content (AvgIpc) is 2.77. The fourth-order valence-electron chi connectivity index (χ4n) is 0.902. The minimum absolute atomic E-state index is 0.437. The van der Waals surface area contributed by atoms with E-state index < -0.39 is 0 Å². The van der Waals surface area contributed by atoms with Crippen LogP contribution in [-0.2, 0) is 12.8 Å². The van der Waals surface area contributed by atoms with Crippen molar-refractivity contribution >= 4 is 29.0 Å². The second-order valence-corrected chi connectivity index (χ2v) is 4.54. The molecule has 74 valence electrons. The maximum Gasteiger partial charge on any atom is 0.222 e. The van der Waals surface area contributed by atoms with Crippen molar-refractivity contribution in [2.75, 3.05) is 5.73 Å². The van der Waals surface area contributed by atoms with Gasteiger partial charge in [-0.15, -0.1) is 21.5 Å². The van der Waals surface area contributed by atoms with E-state index in [-0.39, 0.29) is 0 Å². The van der Waals surface area contributed by atoms with Gasteiger partial charge in [0.25, 0.3) is 0 Å². The van der Waals surface area contributed by atoms with Crippen LogP contribution in [0.25, 0.3) is 0 Å². The zero-order valence-electron chi connectivity index (χ0n) is 7.54. The molecule has 0 spiro atoms. The van der Waals surface area contributed by atoms with E-state index in [2.05, 4.69) is 15.2 Å². The molecule has 0 radical (unpaired) electrons. The molecule has 0 atom stereocenters. The summed E-state index contributed by atoms with van der Waals surface area (Å²) < 4.78 is 1.76. The quantitative estimate of drug-likeness (QED) is 0.796. The molecule has 0 saturated heterocycles. The molecule has 2 aromatic heterocycles. The van der Waals surface area contributed by atoms with Crippen molar-refractivity contribution in [2.24, 2.45) is 7.05 Å². The SMILES string of the molecule is Cn1c(N)nnc1SCc1nccs1. The van der Waals surface area contributed by atoms with E-state index in [9.17, 15) is 0 Å². The summed E-state index contributed by atoms with van der Waals surface area (Å²) in [6, 6.07) is 0. The third-order valence-electron chi connectivity index (χ3n) is 1.68. The molecule has 0 fully saturated rings. The molecule has 2 aromatic rings. The molecule has 0 saturated carbocycles. The number of thioether (sulfide) groups is 1. The molecule has 0 aliphatic rings. The molecule has 2 N–H and O–H groups in total. The number of nitrogen functional groups attached to an aromatic ring is 1. The van der Waals surface area contributed by atoms with Crippen molar-refractivity contribution in [3.8, 4) is 0 Å². The fraction of sp³-hybridized carbons (Fsp3) is 0.286. The molecular formula is C7H9N5S2. The first kappa shape index (κ1) is 9.47. The molecule has 2 heterocycles. The molecule has 0 aliphatic carbocycles. The molecule has 14 heavy (non-hydrogen) atoms. The van der Waals surface area contributed by atoms with Crippen molar-refractivity contribution < 1.29 is 0 Å². The van der Waals surface area contributed by atoms with E-state index in [1.807, 2.05) is 12.4 Å². The Balaban J connectivity index is 2.02. The van der Waals surface area contributed by atoms with Gasteiger partial charge >= 0.3 is 0 Å². The van der Waals surface area contributed by atoms with E-state index in [0.717, 1.165) is 15.9 Å². The number of hydrogen-bond donors (Lipinski definition) is 1. The van der Waals surface area contributed by atoms with E-state index in [1.165, 1.54) is 0 Å². The van der Waals surface area contributed by atoms with Gasteiger partial charge in [-0.05, 0) is 0 Å². The van der Waals surface area contributed by atoms with Gasteiger partial charge in [0.05, 0.1) is 5.75 Å². The highest BCUT2D eigenvalue weighted by Gasteiger charge is 2.06. The number of nitrogens with zero attached hydrogens (tertiary/aromatic N) is 4. The summed E-state index contributed by atoms with van der Waals surface area (Å²) in [7, 11) is 1.85. The third-order valence-corrected chi connectivity index (χ3v) is 3.67. The second kappa shape index (κ2) is 3.97. The maximum atomic E-state index is 5.55. The normalized spacial score (nSPS) is 10.6. The van der Waals surface area contributed by atoms with Crippen LogP contribution >= 0.6 is 23.1 Å². The summed E-state index contributed by atoms with van der Waals surface area (Å²) in [6.45, 7) is 0. The largest absolute Gasteiger partial charge is 0.368 e. The van der Waals surface area contributed by atoms with Crippen molar-refractivity contribution in [1.82, 2.24) is 19.7 Å². The van der Waals surface area contributed by atoms with Crippen molar-refractivity contribution in [2.45, 2.75) is 10.9 Å².